The quantitative estimate of drug-likeness (QED) is 0.684. The third-order valence-corrected chi connectivity index (χ3v) is 3.93. The summed E-state index contributed by atoms with van der Waals surface area (Å²) in [5, 5.41) is 0.167. The Kier molecular flexibility index (Phi) is 3.62. The number of hydrogen-bond acceptors (Lipinski definition) is 4. The fourth-order valence-electron chi connectivity index (χ4n) is 1.51. The van der Waals surface area contributed by atoms with Gasteiger partial charge >= 0.3 is 5.97 Å². The zero-order valence-corrected chi connectivity index (χ0v) is 9.02. The third kappa shape index (κ3) is 2.17. The molecule has 2 unspecified atom stereocenters. The summed E-state index contributed by atoms with van der Waals surface area (Å²) in [5.74, 6) is 0.856. The van der Waals surface area contributed by atoms with Gasteiger partial charge in [-0.15, -0.1) is 0 Å². The number of nitrogens with two attached hydrogens (primary N) is 1. The van der Waals surface area contributed by atoms with E-state index < -0.39 is 5.54 Å². The summed E-state index contributed by atoms with van der Waals surface area (Å²) in [4.78, 5) is 11.6. The molecule has 0 aliphatic carbocycles. The number of esters is 1. The van der Waals surface area contributed by atoms with Crippen LogP contribution in [0.5, 0.6) is 0 Å². The van der Waals surface area contributed by atoms with Crippen LogP contribution in [0.15, 0.2) is 0 Å². The van der Waals surface area contributed by atoms with Crippen molar-refractivity contribution >= 4 is 17.7 Å². The average molecular weight is 203 g/mol. The first-order valence-electron chi connectivity index (χ1n) is 4.69. The monoisotopic (exact) mass is 203 g/mol. The normalized spacial score (nSPS) is 34.2. The zero-order valence-electron chi connectivity index (χ0n) is 8.21. The summed E-state index contributed by atoms with van der Waals surface area (Å²) in [5.41, 5.74) is 5.29. The lowest BCUT2D eigenvalue weighted by atomic mass is 9.91. The van der Waals surface area contributed by atoms with Gasteiger partial charge in [0.25, 0.3) is 0 Å². The molecule has 0 amide bonds. The number of carbonyl (C=O) groups is 1. The Hall–Kier alpha value is -0.220. The van der Waals surface area contributed by atoms with Gasteiger partial charge in [0, 0.05) is 5.25 Å². The molecule has 1 aliphatic heterocycles. The van der Waals surface area contributed by atoms with Crippen LogP contribution in [-0.4, -0.2) is 29.1 Å². The Morgan fingerprint density at radius 1 is 1.77 bits per heavy atom. The molecule has 1 heterocycles. The second kappa shape index (κ2) is 4.33. The Morgan fingerprint density at radius 2 is 2.46 bits per heavy atom. The predicted molar refractivity (Wildman–Crippen MR) is 54.7 cm³/mol. The van der Waals surface area contributed by atoms with E-state index in [4.69, 9.17) is 10.5 Å². The Labute approximate surface area is 83.4 Å². The molecule has 76 valence electrons. The number of thioether (sulfide) groups is 1. The summed E-state index contributed by atoms with van der Waals surface area (Å²) in [7, 11) is 0. The van der Waals surface area contributed by atoms with Gasteiger partial charge < -0.3 is 10.5 Å². The second-order valence-electron chi connectivity index (χ2n) is 3.38. The van der Waals surface area contributed by atoms with Crippen molar-refractivity contribution in [3.05, 3.63) is 0 Å². The van der Waals surface area contributed by atoms with Crippen LogP contribution >= 0.6 is 11.8 Å². The summed E-state index contributed by atoms with van der Waals surface area (Å²) in [6.07, 6.45) is 1.75. The van der Waals surface area contributed by atoms with Crippen molar-refractivity contribution in [2.45, 2.75) is 37.5 Å². The summed E-state index contributed by atoms with van der Waals surface area (Å²) >= 11 is 1.75. The molecule has 2 atom stereocenters. The van der Waals surface area contributed by atoms with E-state index in [0.717, 1.165) is 18.6 Å². The van der Waals surface area contributed by atoms with Crippen molar-refractivity contribution in [1.29, 1.82) is 0 Å². The highest BCUT2D eigenvalue weighted by Gasteiger charge is 2.43. The molecule has 0 spiro atoms. The number of carbonyl (C=O) groups excluding carboxylic acids is 1. The molecule has 4 heteroatoms. The molecular weight excluding hydrogens is 186 g/mol. The van der Waals surface area contributed by atoms with Gasteiger partial charge in [-0.1, -0.05) is 6.92 Å². The van der Waals surface area contributed by atoms with Gasteiger partial charge in [-0.2, -0.15) is 11.8 Å². The molecule has 1 aliphatic rings. The van der Waals surface area contributed by atoms with Crippen molar-refractivity contribution in [3.8, 4) is 0 Å². The lowest BCUT2D eigenvalue weighted by Gasteiger charge is -2.36. The largest absolute Gasteiger partial charge is 0.465 e. The molecule has 0 aromatic heterocycles. The molecule has 1 rings (SSSR count). The molecule has 0 aromatic carbocycles. The van der Waals surface area contributed by atoms with Gasteiger partial charge in [0.15, 0.2) is 0 Å². The molecule has 13 heavy (non-hydrogen) atoms. The van der Waals surface area contributed by atoms with Crippen molar-refractivity contribution in [3.63, 3.8) is 0 Å². The number of ether oxygens (including phenoxy) is 1. The van der Waals surface area contributed by atoms with Gasteiger partial charge in [-0.05, 0) is 25.5 Å². The molecule has 0 saturated carbocycles. The Bertz CT molecular complexity index is 198. The van der Waals surface area contributed by atoms with E-state index in [1.807, 2.05) is 13.8 Å². The molecule has 1 saturated heterocycles. The van der Waals surface area contributed by atoms with Crippen LogP contribution in [0.2, 0.25) is 0 Å². The van der Waals surface area contributed by atoms with E-state index in [2.05, 4.69) is 0 Å². The first-order chi connectivity index (χ1) is 6.11. The number of hydrogen-bond donors (Lipinski definition) is 1. The van der Waals surface area contributed by atoms with Crippen LogP contribution in [0.1, 0.15) is 26.7 Å². The maximum Gasteiger partial charge on any atom is 0.327 e. The molecule has 0 bridgehead atoms. The van der Waals surface area contributed by atoms with Gasteiger partial charge in [0.2, 0.25) is 0 Å². The highest BCUT2D eigenvalue weighted by atomic mass is 32.2. The molecule has 3 nitrogen and oxygen atoms in total. The number of rotatable bonds is 2. The minimum Gasteiger partial charge on any atom is -0.465 e. The molecular formula is C9H17NO2S. The molecule has 2 N–H and O–H groups in total. The lowest BCUT2D eigenvalue weighted by Crippen LogP contribution is -2.57. The van der Waals surface area contributed by atoms with Gasteiger partial charge in [0.1, 0.15) is 5.54 Å². The van der Waals surface area contributed by atoms with Gasteiger partial charge in [0.05, 0.1) is 6.61 Å². The molecule has 0 radical (unpaired) electrons. The fraction of sp³-hybridized carbons (Fsp3) is 0.889. The first-order valence-corrected chi connectivity index (χ1v) is 5.74. The van der Waals surface area contributed by atoms with E-state index in [9.17, 15) is 4.79 Å². The van der Waals surface area contributed by atoms with Crippen LogP contribution in [0, 0.1) is 0 Å². The second-order valence-corrected chi connectivity index (χ2v) is 4.83. The molecule has 1 fully saturated rings. The van der Waals surface area contributed by atoms with Crippen LogP contribution in [-0.2, 0) is 9.53 Å². The molecule has 0 aromatic rings. The van der Waals surface area contributed by atoms with Crippen molar-refractivity contribution in [2.75, 3.05) is 12.4 Å². The predicted octanol–water partition coefficient (Wildman–Crippen LogP) is 1.16. The van der Waals surface area contributed by atoms with Crippen LogP contribution in [0.3, 0.4) is 0 Å². The minimum absolute atomic E-state index is 0.167. The van der Waals surface area contributed by atoms with Gasteiger partial charge in [-0.25, -0.2) is 0 Å². The van der Waals surface area contributed by atoms with E-state index in [-0.39, 0.29) is 11.2 Å². The van der Waals surface area contributed by atoms with Crippen molar-refractivity contribution < 1.29 is 9.53 Å². The third-order valence-electron chi connectivity index (χ3n) is 2.48. The highest BCUT2D eigenvalue weighted by molar-refractivity contribution is 8.00. The standard InChI is InChI=1S/C9H17NO2S/c1-3-12-8(11)9(10)5-4-6-13-7(9)2/h7H,3-6,10H2,1-2H3. The highest BCUT2D eigenvalue weighted by Crippen LogP contribution is 2.32. The fourth-order valence-corrected chi connectivity index (χ4v) is 2.69. The topological polar surface area (TPSA) is 52.3 Å². The van der Waals surface area contributed by atoms with E-state index >= 15 is 0 Å². The SMILES string of the molecule is CCOC(=O)C1(N)CCCSC1C. The first kappa shape index (κ1) is 10.9. The van der Waals surface area contributed by atoms with E-state index in [0.29, 0.717) is 6.61 Å². The maximum atomic E-state index is 11.6. The summed E-state index contributed by atoms with van der Waals surface area (Å²) < 4.78 is 4.98. The average Bonchev–Trinajstić information content (AvgIpc) is 2.11. The lowest BCUT2D eigenvalue weighted by molar-refractivity contribution is -0.150. The Morgan fingerprint density at radius 3 is 3.00 bits per heavy atom. The summed E-state index contributed by atoms with van der Waals surface area (Å²) in [6, 6.07) is 0. The van der Waals surface area contributed by atoms with Crippen molar-refractivity contribution in [2.24, 2.45) is 5.73 Å². The minimum atomic E-state index is -0.751. The smallest absolute Gasteiger partial charge is 0.327 e. The zero-order chi connectivity index (χ0) is 9.90. The summed E-state index contributed by atoms with van der Waals surface area (Å²) in [6.45, 7) is 4.22. The van der Waals surface area contributed by atoms with Crippen molar-refractivity contribution in [1.82, 2.24) is 0 Å². The van der Waals surface area contributed by atoms with E-state index in [1.165, 1.54) is 0 Å². The van der Waals surface area contributed by atoms with Crippen LogP contribution in [0.4, 0.5) is 0 Å². The Balaban J connectivity index is 2.65. The van der Waals surface area contributed by atoms with Crippen LogP contribution < -0.4 is 5.73 Å². The van der Waals surface area contributed by atoms with Crippen LogP contribution in [0.25, 0.3) is 0 Å². The van der Waals surface area contributed by atoms with E-state index in [1.54, 1.807) is 11.8 Å². The van der Waals surface area contributed by atoms with Gasteiger partial charge in [-0.3, -0.25) is 4.79 Å². The maximum absolute atomic E-state index is 11.6.